The van der Waals surface area contributed by atoms with Crippen molar-refractivity contribution in [2.24, 2.45) is 0 Å². The van der Waals surface area contributed by atoms with E-state index in [0.717, 1.165) is 31.5 Å². The number of anilines is 1. The molecule has 1 heterocycles. The lowest BCUT2D eigenvalue weighted by atomic mass is 9.83. The van der Waals surface area contributed by atoms with Crippen LogP contribution in [0, 0.1) is 12.7 Å². The smallest absolute Gasteiger partial charge is 0.420 e. The SMILES string of the molecule is Cc1c(N2CC(C)(C)N[C@@H]3CCCC[C@@H]32)ccc(OC(F)(F)CO[Si](C(C)C)(C(C)C)C(C)C)c1F. The first-order valence-corrected chi connectivity index (χ1v) is 15.8. The van der Waals surface area contributed by atoms with Crippen LogP contribution in [0.5, 0.6) is 5.75 Å². The van der Waals surface area contributed by atoms with Crippen molar-refractivity contribution in [2.45, 2.75) is 128 Å². The van der Waals surface area contributed by atoms with Crippen molar-refractivity contribution in [2.75, 3.05) is 18.1 Å². The fourth-order valence-corrected chi connectivity index (χ4v) is 12.4. The van der Waals surface area contributed by atoms with Crippen molar-refractivity contribution in [3.05, 3.63) is 23.5 Å². The van der Waals surface area contributed by atoms with Gasteiger partial charge in [-0.15, -0.1) is 0 Å². The fraction of sp³-hybridized carbons (Fsp3) is 0.786. The van der Waals surface area contributed by atoms with E-state index in [1.54, 1.807) is 13.0 Å². The first kappa shape index (κ1) is 29.3. The highest BCUT2D eigenvalue weighted by Gasteiger charge is 2.48. The van der Waals surface area contributed by atoms with Crippen LogP contribution in [0.15, 0.2) is 12.1 Å². The van der Waals surface area contributed by atoms with Crippen LogP contribution < -0.4 is 15.0 Å². The molecule has 1 aromatic carbocycles. The number of nitrogens with one attached hydrogen (secondary N) is 1. The molecule has 206 valence electrons. The van der Waals surface area contributed by atoms with Crippen molar-refractivity contribution >= 4 is 14.0 Å². The summed E-state index contributed by atoms with van der Waals surface area (Å²) in [6, 6.07) is 3.71. The van der Waals surface area contributed by atoms with E-state index in [-0.39, 0.29) is 28.2 Å². The molecular weight excluding hydrogens is 481 g/mol. The third-order valence-electron chi connectivity index (χ3n) is 8.36. The molecule has 1 aromatic rings. The number of nitrogens with zero attached hydrogens (tertiary/aromatic N) is 1. The first-order chi connectivity index (χ1) is 16.6. The second kappa shape index (κ2) is 10.9. The van der Waals surface area contributed by atoms with Gasteiger partial charge in [-0.2, -0.15) is 8.78 Å². The molecule has 1 saturated carbocycles. The van der Waals surface area contributed by atoms with Gasteiger partial charge in [-0.1, -0.05) is 54.4 Å². The molecule has 0 unspecified atom stereocenters. The van der Waals surface area contributed by atoms with E-state index >= 15 is 13.2 Å². The molecule has 8 heteroatoms. The van der Waals surface area contributed by atoms with Gasteiger partial charge in [-0.05, 0) is 62.4 Å². The normalized spacial score (nSPS) is 22.9. The number of piperazine rings is 1. The van der Waals surface area contributed by atoms with Crippen molar-refractivity contribution < 1.29 is 22.3 Å². The molecule has 36 heavy (non-hydrogen) atoms. The summed E-state index contributed by atoms with van der Waals surface area (Å²) >= 11 is 0. The molecule has 0 spiro atoms. The Bertz CT molecular complexity index is 885. The molecule has 0 radical (unpaired) electrons. The van der Waals surface area contributed by atoms with Gasteiger partial charge in [0.25, 0.3) is 0 Å². The lowest BCUT2D eigenvalue weighted by molar-refractivity contribution is -0.199. The molecule has 1 saturated heterocycles. The quantitative estimate of drug-likeness (QED) is 0.332. The first-order valence-electron chi connectivity index (χ1n) is 13.7. The number of benzene rings is 1. The Morgan fingerprint density at radius 1 is 1.06 bits per heavy atom. The number of rotatable bonds is 9. The molecule has 2 atom stereocenters. The molecule has 2 aliphatic rings. The molecule has 0 amide bonds. The zero-order chi connectivity index (χ0) is 27.1. The fourth-order valence-electron chi connectivity index (χ4n) is 6.95. The third-order valence-corrected chi connectivity index (χ3v) is 14.4. The predicted octanol–water partition coefficient (Wildman–Crippen LogP) is 7.80. The molecule has 3 rings (SSSR count). The summed E-state index contributed by atoms with van der Waals surface area (Å²) in [4.78, 5) is 2.28. The number of ether oxygens (including phenoxy) is 1. The molecule has 1 aliphatic heterocycles. The van der Waals surface area contributed by atoms with E-state index in [2.05, 4.69) is 24.1 Å². The summed E-state index contributed by atoms with van der Waals surface area (Å²) in [5.74, 6) is -1.15. The van der Waals surface area contributed by atoms with E-state index in [1.165, 1.54) is 12.5 Å². The maximum atomic E-state index is 15.5. The minimum absolute atomic E-state index is 0.124. The molecule has 2 fully saturated rings. The monoisotopic (exact) mass is 528 g/mol. The Labute approximate surface area is 217 Å². The predicted molar refractivity (Wildman–Crippen MR) is 144 cm³/mol. The Hall–Kier alpha value is -1.25. The topological polar surface area (TPSA) is 33.7 Å². The van der Waals surface area contributed by atoms with Crippen molar-refractivity contribution in [1.82, 2.24) is 5.32 Å². The van der Waals surface area contributed by atoms with Gasteiger partial charge in [0.05, 0.1) is 0 Å². The maximum absolute atomic E-state index is 15.5. The van der Waals surface area contributed by atoms with E-state index in [1.807, 2.05) is 41.5 Å². The summed E-state index contributed by atoms with van der Waals surface area (Å²) in [5.41, 5.74) is 1.48. The standard InChI is InChI=1S/C28H47F3N2O2Si/c1-18(2)36(19(3)4,20(5)6)34-17-28(30,31)35-25-15-14-23(21(7)26(25)29)33-16-27(8,9)32-22-12-10-11-13-24(22)33/h14-15,18-20,22,24,32H,10-13,16-17H2,1-9H3/t22-,24+/m1/s1. The van der Waals surface area contributed by atoms with Gasteiger partial charge in [-0.25, -0.2) is 4.39 Å². The van der Waals surface area contributed by atoms with Crippen LogP contribution in [-0.4, -0.2) is 45.2 Å². The highest BCUT2D eigenvalue weighted by atomic mass is 28.4. The van der Waals surface area contributed by atoms with Crippen LogP contribution in [-0.2, 0) is 4.43 Å². The number of hydrogen-bond donors (Lipinski definition) is 1. The van der Waals surface area contributed by atoms with Gasteiger partial charge in [0.15, 0.2) is 11.6 Å². The second-order valence-corrected chi connectivity index (χ2v) is 17.9. The molecule has 4 nitrogen and oxygen atoms in total. The highest BCUT2D eigenvalue weighted by molar-refractivity contribution is 6.77. The molecule has 1 aliphatic carbocycles. The Kier molecular flexibility index (Phi) is 8.83. The largest absolute Gasteiger partial charge is 0.428 e. The summed E-state index contributed by atoms with van der Waals surface area (Å²) < 4.78 is 56.6. The van der Waals surface area contributed by atoms with Crippen molar-refractivity contribution in [1.29, 1.82) is 0 Å². The van der Waals surface area contributed by atoms with E-state index in [0.29, 0.717) is 11.6 Å². The highest BCUT2D eigenvalue weighted by Crippen LogP contribution is 2.43. The number of alkyl halides is 2. The van der Waals surface area contributed by atoms with Gasteiger partial charge in [0, 0.05) is 35.4 Å². The van der Waals surface area contributed by atoms with Crippen LogP contribution in [0.25, 0.3) is 0 Å². The minimum Gasteiger partial charge on any atom is -0.428 e. The summed E-state index contributed by atoms with van der Waals surface area (Å²) in [6.45, 7) is 18.1. The average Bonchev–Trinajstić information content (AvgIpc) is 2.75. The molecular formula is C28H47F3N2O2Si. The van der Waals surface area contributed by atoms with Gasteiger partial charge in [0.1, 0.15) is 6.61 Å². The van der Waals surface area contributed by atoms with E-state index in [9.17, 15) is 0 Å². The van der Waals surface area contributed by atoms with Crippen LogP contribution in [0.1, 0.15) is 86.6 Å². The Morgan fingerprint density at radius 3 is 2.22 bits per heavy atom. The Morgan fingerprint density at radius 2 is 1.64 bits per heavy atom. The van der Waals surface area contributed by atoms with Crippen LogP contribution in [0.4, 0.5) is 18.9 Å². The molecule has 0 bridgehead atoms. The third kappa shape index (κ3) is 5.91. The Balaban J connectivity index is 1.82. The van der Waals surface area contributed by atoms with Crippen molar-refractivity contribution in [3.8, 4) is 5.75 Å². The van der Waals surface area contributed by atoms with Gasteiger partial charge >= 0.3 is 6.11 Å². The van der Waals surface area contributed by atoms with Crippen molar-refractivity contribution in [3.63, 3.8) is 0 Å². The lowest BCUT2D eigenvalue weighted by Gasteiger charge is -2.52. The number of halogens is 3. The average molecular weight is 529 g/mol. The maximum Gasteiger partial charge on any atom is 0.420 e. The zero-order valence-electron chi connectivity index (χ0n) is 23.7. The van der Waals surface area contributed by atoms with Gasteiger partial charge in [-0.3, -0.25) is 0 Å². The van der Waals surface area contributed by atoms with E-state index < -0.39 is 32.6 Å². The van der Waals surface area contributed by atoms with Crippen LogP contribution >= 0.6 is 0 Å². The second-order valence-electron chi connectivity index (χ2n) is 12.5. The summed E-state index contributed by atoms with van der Waals surface area (Å²) in [5, 5.41) is 3.75. The molecule has 0 aromatic heterocycles. The van der Waals surface area contributed by atoms with Gasteiger partial charge < -0.3 is 19.4 Å². The zero-order valence-corrected chi connectivity index (χ0v) is 24.7. The van der Waals surface area contributed by atoms with E-state index in [4.69, 9.17) is 9.16 Å². The minimum atomic E-state index is -3.63. The summed E-state index contributed by atoms with van der Waals surface area (Å²) in [7, 11) is -2.51. The number of fused-ring (bicyclic) bond motifs is 1. The van der Waals surface area contributed by atoms with Gasteiger partial charge in [0.2, 0.25) is 8.32 Å². The summed E-state index contributed by atoms with van der Waals surface area (Å²) in [6.07, 6.45) is 0.826. The number of hydrogen-bond acceptors (Lipinski definition) is 4. The lowest BCUT2D eigenvalue weighted by Crippen LogP contribution is -2.67. The molecule has 1 N–H and O–H groups in total. The van der Waals surface area contributed by atoms with Crippen LogP contribution in [0.3, 0.4) is 0 Å². The van der Waals surface area contributed by atoms with Crippen LogP contribution in [0.2, 0.25) is 16.6 Å².